The minimum absolute atomic E-state index is 0.0390. The summed E-state index contributed by atoms with van der Waals surface area (Å²) >= 11 is 5.81. The van der Waals surface area contributed by atoms with Gasteiger partial charge in [-0.3, -0.25) is 4.79 Å². The molecule has 0 unspecified atom stereocenters. The lowest BCUT2D eigenvalue weighted by Gasteiger charge is -2.14. The van der Waals surface area contributed by atoms with Crippen molar-refractivity contribution in [3.8, 4) is 11.5 Å². The second kappa shape index (κ2) is 10.5. The van der Waals surface area contributed by atoms with Crippen LogP contribution < -0.4 is 14.8 Å². The molecule has 0 aliphatic carbocycles. The van der Waals surface area contributed by atoms with E-state index >= 15 is 0 Å². The van der Waals surface area contributed by atoms with Crippen molar-refractivity contribution >= 4 is 23.5 Å². The zero-order valence-electron chi connectivity index (χ0n) is 15.5. The number of carbonyl (C=O) groups excluding carboxylic acids is 2. The highest BCUT2D eigenvalue weighted by Gasteiger charge is 2.18. The Morgan fingerprint density at radius 1 is 1.18 bits per heavy atom. The van der Waals surface area contributed by atoms with Crippen molar-refractivity contribution in [1.29, 1.82) is 0 Å². The van der Waals surface area contributed by atoms with E-state index in [4.69, 9.17) is 25.8 Å². The molecule has 1 atom stereocenters. The average Bonchev–Trinajstić information content (AvgIpc) is 2.67. The first-order chi connectivity index (χ1) is 13.4. The van der Waals surface area contributed by atoms with E-state index in [0.717, 1.165) is 23.4 Å². The van der Waals surface area contributed by atoms with Gasteiger partial charge in [0, 0.05) is 6.54 Å². The molecule has 0 heterocycles. The summed E-state index contributed by atoms with van der Waals surface area (Å²) in [5, 5.41) is 2.74. The molecule has 0 fully saturated rings. The normalized spacial score (nSPS) is 11.4. The van der Waals surface area contributed by atoms with Gasteiger partial charge in [0.05, 0.1) is 12.1 Å². The lowest BCUT2D eigenvalue weighted by atomic mass is 10.1. The molecule has 150 valence electrons. The number of benzene rings is 2. The van der Waals surface area contributed by atoms with Crippen LogP contribution in [0.15, 0.2) is 42.5 Å². The predicted molar refractivity (Wildman–Crippen MR) is 102 cm³/mol. The first-order valence-corrected chi connectivity index (χ1v) is 8.95. The van der Waals surface area contributed by atoms with Crippen LogP contribution in [0.2, 0.25) is 5.02 Å². The molecule has 1 N–H and O–H groups in total. The van der Waals surface area contributed by atoms with Crippen LogP contribution in [0.25, 0.3) is 0 Å². The van der Waals surface area contributed by atoms with Crippen molar-refractivity contribution in [2.24, 2.45) is 0 Å². The van der Waals surface area contributed by atoms with Crippen molar-refractivity contribution in [2.75, 3.05) is 20.3 Å². The van der Waals surface area contributed by atoms with E-state index in [1.54, 1.807) is 7.11 Å². The SMILES string of the molecule is COc1ccc(CCNC(=O)[C@H](C)OC(=O)COc2ccc(F)cc2Cl)cc1. The smallest absolute Gasteiger partial charge is 0.344 e. The van der Waals surface area contributed by atoms with Gasteiger partial charge in [-0.1, -0.05) is 23.7 Å². The Balaban J connectivity index is 1.70. The van der Waals surface area contributed by atoms with E-state index in [1.165, 1.54) is 13.0 Å². The second-order valence-corrected chi connectivity index (χ2v) is 6.29. The van der Waals surface area contributed by atoms with Gasteiger partial charge in [0.25, 0.3) is 5.91 Å². The maximum atomic E-state index is 13.0. The Morgan fingerprint density at radius 3 is 2.54 bits per heavy atom. The highest BCUT2D eigenvalue weighted by molar-refractivity contribution is 6.32. The van der Waals surface area contributed by atoms with Crippen LogP contribution in [0.4, 0.5) is 4.39 Å². The Labute approximate surface area is 167 Å². The Hall–Kier alpha value is -2.80. The fraction of sp³-hybridized carbons (Fsp3) is 0.300. The van der Waals surface area contributed by atoms with Crippen LogP contribution in [0.3, 0.4) is 0 Å². The molecule has 0 aromatic heterocycles. The summed E-state index contributed by atoms with van der Waals surface area (Å²) in [4.78, 5) is 23.8. The standard InChI is InChI=1S/C20H21ClFNO5/c1-13(20(25)23-10-9-14-3-6-16(26-2)7-4-14)28-19(24)12-27-18-8-5-15(22)11-17(18)21/h3-8,11,13H,9-10,12H2,1-2H3,(H,23,25)/t13-/m0/s1. The molecule has 0 radical (unpaired) electrons. The van der Waals surface area contributed by atoms with Gasteiger partial charge in [-0.2, -0.15) is 0 Å². The van der Waals surface area contributed by atoms with E-state index < -0.39 is 30.4 Å². The van der Waals surface area contributed by atoms with E-state index in [0.29, 0.717) is 13.0 Å². The number of hydrogen-bond donors (Lipinski definition) is 1. The van der Waals surface area contributed by atoms with Crippen LogP contribution in [-0.4, -0.2) is 38.2 Å². The molecule has 2 aromatic carbocycles. The summed E-state index contributed by atoms with van der Waals surface area (Å²) in [6, 6.07) is 11.0. The zero-order valence-corrected chi connectivity index (χ0v) is 16.3. The molecule has 2 rings (SSSR count). The summed E-state index contributed by atoms with van der Waals surface area (Å²) in [6.07, 6.45) is -0.349. The van der Waals surface area contributed by atoms with Gasteiger partial charge in [0.1, 0.15) is 17.3 Å². The van der Waals surface area contributed by atoms with Crippen molar-refractivity contribution in [3.63, 3.8) is 0 Å². The predicted octanol–water partition coefficient (Wildman–Crippen LogP) is 3.16. The van der Waals surface area contributed by atoms with E-state index in [2.05, 4.69) is 5.32 Å². The summed E-state index contributed by atoms with van der Waals surface area (Å²) in [5.41, 5.74) is 1.04. The number of ether oxygens (including phenoxy) is 3. The molecule has 6 nitrogen and oxygen atoms in total. The van der Waals surface area contributed by atoms with Crippen LogP contribution in [0.5, 0.6) is 11.5 Å². The largest absolute Gasteiger partial charge is 0.497 e. The van der Waals surface area contributed by atoms with Crippen LogP contribution in [-0.2, 0) is 20.7 Å². The van der Waals surface area contributed by atoms with Crippen LogP contribution >= 0.6 is 11.6 Å². The number of methoxy groups -OCH3 is 1. The summed E-state index contributed by atoms with van der Waals surface area (Å²) < 4.78 is 28.3. The lowest BCUT2D eigenvalue weighted by molar-refractivity contribution is -0.156. The lowest BCUT2D eigenvalue weighted by Crippen LogP contribution is -2.37. The molecule has 2 aromatic rings. The third kappa shape index (κ3) is 6.74. The fourth-order valence-corrected chi connectivity index (χ4v) is 2.50. The van der Waals surface area contributed by atoms with E-state index in [-0.39, 0.29) is 10.8 Å². The van der Waals surface area contributed by atoms with Gasteiger partial charge < -0.3 is 19.5 Å². The third-order valence-electron chi connectivity index (χ3n) is 3.79. The van der Waals surface area contributed by atoms with Gasteiger partial charge in [-0.05, 0) is 49.2 Å². The molecule has 0 saturated heterocycles. The molecule has 1 amide bonds. The maximum absolute atomic E-state index is 13.0. The minimum atomic E-state index is -0.976. The van der Waals surface area contributed by atoms with Gasteiger partial charge in [-0.15, -0.1) is 0 Å². The topological polar surface area (TPSA) is 73.9 Å². The fourth-order valence-electron chi connectivity index (χ4n) is 2.28. The number of rotatable bonds is 9. The van der Waals surface area contributed by atoms with Crippen molar-refractivity contribution in [2.45, 2.75) is 19.4 Å². The second-order valence-electron chi connectivity index (χ2n) is 5.88. The number of nitrogens with one attached hydrogen (secondary N) is 1. The van der Waals surface area contributed by atoms with E-state index in [9.17, 15) is 14.0 Å². The number of amides is 1. The van der Waals surface area contributed by atoms with Gasteiger partial charge >= 0.3 is 5.97 Å². The monoisotopic (exact) mass is 409 g/mol. The van der Waals surface area contributed by atoms with Crippen molar-refractivity contribution < 1.29 is 28.2 Å². The number of carbonyl (C=O) groups is 2. The number of halogens is 2. The van der Waals surface area contributed by atoms with Crippen LogP contribution in [0.1, 0.15) is 12.5 Å². The highest BCUT2D eigenvalue weighted by Crippen LogP contribution is 2.24. The number of esters is 1. The number of hydrogen-bond acceptors (Lipinski definition) is 5. The molecular weight excluding hydrogens is 389 g/mol. The van der Waals surface area contributed by atoms with Gasteiger partial charge in [0.2, 0.25) is 0 Å². The van der Waals surface area contributed by atoms with Gasteiger partial charge in [0.15, 0.2) is 12.7 Å². The molecule has 0 saturated carbocycles. The highest BCUT2D eigenvalue weighted by atomic mass is 35.5. The zero-order chi connectivity index (χ0) is 20.5. The molecular formula is C20H21ClFNO5. The average molecular weight is 410 g/mol. The summed E-state index contributed by atoms with van der Waals surface area (Å²) in [5.74, 6) is -0.756. The molecule has 28 heavy (non-hydrogen) atoms. The minimum Gasteiger partial charge on any atom is -0.497 e. The maximum Gasteiger partial charge on any atom is 0.344 e. The Kier molecular flexibility index (Phi) is 8.07. The summed E-state index contributed by atoms with van der Waals surface area (Å²) in [6.45, 7) is 1.41. The van der Waals surface area contributed by atoms with E-state index in [1.807, 2.05) is 24.3 Å². The third-order valence-corrected chi connectivity index (χ3v) is 4.08. The summed E-state index contributed by atoms with van der Waals surface area (Å²) in [7, 11) is 1.59. The van der Waals surface area contributed by atoms with Crippen molar-refractivity contribution in [1.82, 2.24) is 5.32 Å². The first-order valence-electron chi connectivity index (χ1n) is 8.57. The Morgan fingerprint density at radius 2 is 1.89 bits per heavy atom. The Bertz CT molecular complexity index is 813. The van der Waals surface area contributed by atoms with Gasteiger partial charge in [-0.25, -0.2) is 9.18 Å². The molecule has 0 aliphatic heterocycles. The van der Waals surface area contributed by atoms with Crippen LogP contribution in [0, 0.1) is 5.82 Å². The first kappa shape index (κ1) is 21.5. The molecule has 8 heteroatoms. The molecule has 0 spiro atoms. The quantitative estimate of drug-likeness (QED) is 0.644. The molecule has 0 aliphatic rings. The van der Waals surface area contributed by atoms with Crippen molar-refractivity contribution in [3.05, 3.63) is 58.9 Å². The molecule has 0 bridgehead atoms.